The van der Waals surface area contributed by atoms with Crippen LogP contribution in [0, 0.1) is 0 Å². The van der Waals surface area contributed by atoms with Gasteiger partial charge in [0.2, 0.25) is 0 Å². The van der Waals surface area contributed by atoms with Crippen LogP contribution in [0.25, 0.3) is 0 Å². The summed E-state index contributed by atoms with van der Waals surface area (Å²) in [6.45, 7) is 3.26. The van der Waals surface area contributed by atoms with E-state index in [2.05, 4.69) is 45.5 Å². The molecule has 4 rings (SSSR count). The van der Waals surface area contributed by atoms with Gasteiger partial charge in [-0.15, -0.1) is 0 Å². The molecule has 0 spiro atoms. The van der Waals surface area contributed by atoms with E-state index in [0.717, 1.165) is 31.8 Å². The maximum atomic E-state index is 5.58. The predicted octanol–water partition coefficient (Wildman–Crippen LogP) is 3.72. The number of methoxy groups -OCH3 is 1. The molecule has 1 aromatic carbocycles. The lowest BCUT2D eigenvalue weighted by atomic mass is 9.86. The van der Waals surface area contributed by atoms with Crippen LogP contribution >= 0.6 is 0 Å². The van der Waals surface area contributed by atoms with E-state index in [4.69, 9.17) is 4.74 Å². The molecule has 1 aromatic heterocycles. The van der Waals surface area contributed by atoms with Gasteiger partial charge < -0.3 is 10.1 Å². The molecule has 1 saturated heterocycles. The van der Waals surface area contributed by atoms with Crippen LogP contribution in [0.15, 0.2) is 42.6 Å². The molecule has 4 nitrogen and oxygen atoms in total. The second-order valence-electron chi connectivity index (χ2n) is 7.51. The van der Waals surface area contributed by atoms with Crippen LogP contribution < -0.4 is 10.1 Å². The number of rotatable bonds is 5. The SMILES string of the molecule is COc1cccc2c1CCCC2NC1CCN(Cc2ccccn2)CC1. The lowest BCUT2D eigenvalue weighted by Crippen LogP contribution is -2.44. The van der Waals surface area contributed by atoms with Crippen molar-refractivity contribution in [2.45, 2.75) is 50.7 Å². The molecule has 26 heavy (non-hydrogen) atoms. The molecule has 0 bridgehead atoms. The number of aromatic nitrogens is 1. The molecule has 2 aliphatic rings. The van der Waals surface area contributed by atoms with Crippen LogP contribution in [0.2, 0.25) is 0 Å². The molecule has 0 radical (unpaired) electrons. The molecule has 1 unspecified atom stereocenters. The summed E-state index contributed by atoms with van der Waals surface area (Å²) in [6.07, 6.45) is 7.92. The largest absolute Gasteiger partial charge is 0.496 e. The zero-order chi connectivity index (χ0) is 17.8. The van der Waals surface area contributed by atoms with Crippen molar-refractivity contribution in [3.63, 3.8) is 0 Å². The van der Waals surface area contributed by atoms with Gasteiger partial charge in [0.25, 0.3) is 0 Å². The number of hydrogen-bond acceptors (Lipinski definition) is 4. The van der Waals surface area contributed by atoms with E-state index in [1.165, 1.54) is 42.5 Å². The van der Waals surface area contributed by atoms with Gasteiger partial charge >= 0.3 is 0 Å². The Hall–Kier alpha value is -1.91. The van der Waals surface area contributed by atoms with Crippen molar-refractivity contribution in [1.29, 1.82) is 0 Å². The maximum Gasteiger partial charge on any atom is 0.122 e. The Bertz CT molecular complexity index is 711. The maximum absolute atomic E-state index is 5.58. The van der Waals surface area contributed by atoms with E-state index in [1.54, 1.807) is 7.11 Å². The third-order valence-electron chi connectivity index (χ3n) is 5.82. The van der Waals surface area contributed by atoms with E-state index in [-0.39, 0.29) is 0 Å². The van der Waals surface area contributed by atoms with Crippen molar-refractivity contribution in [3.05, 3.63) is 59.4 Å². The minimum Gasteiger partial charge on any atom is -0.496 e. The van der Waals surface area contributed by atoms with E-state index in [9.17, 15) is 0 Å². The first-order valence-corrected chi connectivity index (χ1v) is 9.87. The molecular weight excluding hydrogens is 322 g/mol. The minimum absolute atomic E-state index is 0.473. The number of pyridine rings is 1. The summed E-state index contributed by atoms with van der Waals surface area (Å²) in [5, 5.41) is 3.95. The minimum atomic E-state index is 0.473. The Morgan fingerprint density at radius 2 is 2.00 bits per heavy atom. The Balaban J connectivity index is 1.34. The Kier molecular flexibility index (Phi) is 5.51. The molecule has 2 aromatic rings. The van der Waals surface area contributed by atoms with Crippen molar-refractivity contribution in [1.82, 2.24) is 15.2 Å². The molecule has 0 saturated carbocycles. The van der Waals surface area contributed by atoms with Gasteiger partial charge in [-0.2, -0.15) is 0 Å². The molecule has 0 amide bonds. The number of benzene rings is 1. The fourth-order valence-corrected chi connectivity index (χ4v) is 4.44. The molecule has 1 aliphatic heterocycles. The third-order valence-corrected chi connectivity index (χ3v) is 5.82. The molecule has 1 N–H and O–H groups in total. The highest BCUT2D eigenvalue weighted by Gasteiger charge is 2.27. The summed E-state index contributed by atoms with van der Waals surface area (Å²) in [6, 6.07) is 13.8. The predicted molar refractivity (Wildman–Crippen MR) is 104 cm³/mol. The first kappa shape index (κ1) is 17.5. The molecule has 138 valence electrons. The molecule has 1 fully saturated rings. The van der Waals surface area contributed by atoms with Gasteiger partial charge in [-0.05, 0) is 61.4 Å². The number of fused-ring (bicyclic) bond motifs is 1. The van der Waals surface area contributed by atoms with Crippen LogP contribution in [-0.2, 0) is 13.0 Å². The second-order valence-corrected chi connectivity index (χ2v) is 7.51. The van der Waals surface area contributed by atoms with Crippen molar-refractivity contribution >= 4 is 0 Å². The summed E-state index contributed by atoms with van der Waals surface area (Å²) < 4.78 is 5.58. The zero-order valence-electron chi connectivity index (χ0n) is 15.7. The average Bonchev–Trinajstić information content (AvgIpc) is 2.70. The monoisotopic (exact) mass is 351 g/mol. The van der Waals surface area contributed by atoms with Crippen LogP contribution in [0.1, 0.15) is 48.5 Å². The number of likely N-dealkylation sites (tertiary alicyclic amines) is 1. The average molecular weight is 351 g/mol. The number of piperidine rings is 1. The third kappa shape index (κ3) is 3.92. The van der Waals surface area contributed by atoms with Gasteiger partial charge in [-0.3, -0.25) is 9.88 Å². The molecule has 4 heteroatoms. The number of hydrogen-bond donors (Lipinski definition) is 1. The van der Waals surface area contributed by atoms with Crippen molar-refractivity contribution < 1.29 is 4.74 Å². The fourth-order valence-electron chi connectivity index (χ4n) is 4.44. The first-order chi connectivity index (χ1) is 12.8. The van der Waals surface area contributed by atoms with Gasteiger partial charge in [0.1, 0.15) is 5.75 Å². The lowest BCUT2D eigenvalue weighted by Gasteiger charge is -2.36. The summed E-state index contributed by atoms with van der Waals surface area (Å²) in [7, 11) is 1.78. The quantitative estimate of drug-likeness (QED) is 0.891. The van der Waals surface area contributed by atoms with Crippen molar-refractivity contribution in [2.24, 2.45) is 0 Å². The molecule has 1 atom stereocenters. The van der Waals surface area contributed by atoms with Crippen LogP contribution in [0.4, 0.5) is 0 Å². The molecule has 2 heterocycles. The lowest BCUT2D eigenvalue weighted by molar-refractivity contribution is 0.180. The highest BCUT2D eigenvalue weighted by Crippen LogP contribution is 2.36. The highest BCUT2D eigenvalue weighted by atomic mass is 16.5. The van der Waals surface area contributed by atoms with Gasteiger partial charge in [-0.25, -0.2) is 0 Å². The first-order valence-electron chi connectivity index (χ1n) is 9.87. The normalized spacial score (nSPS) is 21.3. The van der Waals surface area contributed by atoms with E-state index < -0.39 is 0 Å². The van der Waals surface area contributed by atoms with Crippen LogP contribution in [0.5, 0.6) is 5.75 Å². The standard InChI is InChI=1S/C22H29N3O/c1-26-22-10-5-7-19-20(22)8-4-9-21(19)24-17-11-14-25(15-12-17)16-18-6-2-3-13-23-18/h2-3,5-7,10,13,17,21,24H,4,8-9,11-12,14-16H2,1H3. The number of nitrogens with one attached hydrogen (secondary N) is 1. The zero-order valence-corrected chi connectivity index (χ0v) is 15.7. The molecular formula is C22H29N3O. The van der Waals surface area contributed by atoms with E-state index >= 15 is 0 Å². The summed E-state index contributed by atoms with van der Waals surface area (Å²) >= 11 is 0. The topological polar surface area (TPSA) is 37.4 Å². The second kappa shape index (κ2) is 8.19. The van der Waals surface area contributed by atoms with Crippen LogP contribution in [-0.4, -0.2) is 36.1 Å². The van der Waals surface area contributed by atoms with E-state index in [0.29, 0.717) is 12.1 Å². The van der Waals surface area contributed by atoms with Crippen molar-refractivity contribution in [3.8, 4) is 5.75 Å². The fraction of sp³-hybridized carbons (Fsp3) is 0.500. The smallest absolute Gasteiger partial charge is 0.122 e. The Morgan fingerprint density at radius 3 is 2.77 bits per heavy atom. The summed E-state index contributed by atoms with van der Waals surface area (Å²) in [5.74, 6) is 1.05. The van der Waals surface area contributed by atoms with Crippen molar-refractivity contribution in [2.75, 3.05) is 20.2 Å². The Morgan fingerprint density at radius 1 is 1.12 bits per heavy atom. The van der Waals surface area contributed by atoms with Crippen LogP contribution in [0.3, 0.4) is 0 Å². The molecule has 1 aliphatic carbocycles. The van der Waals surface area contributed by atoms with E-state index in [1.807, 2.05) is 12.3 Å². The summed E-state index contributed by atoms with van der Waals surface area (Å²) in [5.41, 5.74) is 4.03. The van der Waals surface area contributed by atoms with Gasteiger partial charge in [-0.1, -0.05) is 18.2 Å². The van der Waals surface area contributed by atoms with Gasteiger partial charge in [0.05, 0.1) is 12.8 Å². The Labute approximate surface area is 156 Å². The summed E-state index contributed by atoms with van der Waals surface area (Å²) in [4.78, 5) is 6.98. The number of nitrogens with zero attached hydrogens (tertiary/aromatic N) is 2. The van der Waals surface area contributed by atoms with Gasteiger partial charge in [0, 0.05) is 37.9 Å². The number of ether oxygens (including phenoxy) is 1. The highest BCUT2D eigenvalue weighted by molar-refractivity contribution is 5.43. The van der Waals surface area contributed by atoms with Gasteiger partial charge in [0.15, 0.2) is 0 Å².